The molecule has 218 valence electrons. The number of carbonyl (C=O) groups is 4. The summed E-state index contributed by atoms with van der Waals surface area (Å²) in [5.74, 6) is -2.71. The van der Waals surface area contributed by atoms with Crippen molar-refractivity contribution in [3.8, 4) is 5.75 Å². The molecule has 2 aromatic carbocycles. The predicted molar refractivity (Wildman–Crippen MR) is 152 cm³/mol. The standard InChI is InChI=1S/C30H42N4O6/c1-18(2)14-23(31)27(36)32-24(16-20-8-6-5-7-9-20)28(37)33-25(17-21-10-12-22(35)13-11-21)29(38)34-26(30(39)40)15-19(3)4/h5-13,18-19,23-26,35H,14-17,31H2,1-4H3,(H,32,36)(H,33,37)(H,34,38)(H,39,40). The van der Waals surface area contributed by atoms with Gasteiger partial charge in [-0.1, -0.05) is 70.2 Å². The van der Waals surface area contributed by atoms with Crippen molar-refractivity contribution in [3.63, 3.8) is 0 Å². The van der Waals surface area contributed by atoms with Crippen molar-refractivity contribution in [1.29, 1.82) is 0 Å². The quantitative estimate of drug-likeness (QED) is 0.196. The van der Waals surface area contributed by atoms with Gasteiger partial charge in [-0.3, -0.25) is 14.4 Å². The van der Waals surface area contributed by atoms with Crippen molar-refractivity contribution >= 4 is 23.7 Å². The lowest BCUT2D eigenvalue weighted by Gasteiger charge is -2.26. The van der Waals surface area contributed by atoms with E-state index in [-0.39, 0.29) is 36.8 Å². The van der Waals surface area contributed by atoms with Gasteiger partial charge < -0.3 is 31.9 Å². The molecule has 0 saturated carbocycles. The zero-order valence-corrected chi connectivity index (χ0v) is 23.6. The Balaban J connectivity index is 2.32. The zero-order valence-electron chi connectivity index (χ0n) is 23.6. The Bertz CT molecular complexity index is 1120. The fraction of sp³-hybridized carbons (Fsp3) is 0.467. The molecule has 40 heavy (non-hydrogen) atoms. The lowest BCUT2D eigenvalue weighted by Crippen LogP contribution is -2.58. The van der Waals surface area contributed by atoms with Crippen molar-refractivity contribution in [1.82, 2.24) is 16.0 Å². The molecule has 2 rings (SSSR count). The molecule has 0 radical (unpaired) electrons. The number of carboxylic acid groups (broad SMARTS) is 1. The number of carbonyl (C=O) groups excluding carboxylic acids is 3. The van der Waals surface area contributed by atoms with Gasteiger partial charge in [0.25, 0.3) is 0 Å². The molecule has 0 fully saturated rings. The van der Waals surface area contributed by atoms with Crippen LogP contribution < -0.4 is 21.7 Å². The van der Waals surface area contributed by atoms with E-state index in [4.69, 9.17) is 5.73 Å². The SMILES string of the molecule is CC(C)CC(N)C(=O)NC(Cc1ccccc1)C(=O)NC(Cc1ccc(O)cc1)C(=O)NC(CC(C)C)C(=O)O. The van der Waals surface area contributed by atoms with Crippen molar-refractivity contribution in [2.24, 2.45) is 17.6 Å². The second-order valence-corrected chi connectivity index (χ2v) is 10.9. The Morgan fingerprint density at radius 3 is 1.60 bits per heavy atom. The van der Waals surface area contributed by atoms with Gasteiger partial charge in [-0.2, -0.15) is 0 Å². The molecule has 2 aromatic rings. The number of phenolic OH excluding ortho intramolecular Hbond substituents is 1. The van der Waals surface area contributed by atoms with E-state index in [2.05, 4.69) is 16.0 Å². The Hall–Kier alpha value is -3.92. The van der Waals surface area contributed by atoms with E-state index in [1.807, 2.05) is 58.0 Å². The van der Waals surface area contributed by atoms with Crippen LogP contribution in [0.5, 0.6) is 5.75 Å². The minimum absolute atomic E-state index is 0.00653. The third kappa shape index (κ3) is 11.1. The first-order valence-electron chi connectivity index (χ1n) is 13.6. The zero-order chi connectivity index (χ0) is 29.8. The van der Waals surface area contributed by atoms with E-state index in [1.54, 1.807) is 12.1 Å². The van der Waals surface area contributed by atoms with E-state index < -0.39 is 47.9 Å². The number of amides is 3. The second-order valence-electron chi connectivity index (χ2n) is 10.9. The van der Waals surface area contributed by atoms with E-state index in [1.165, 1.54) is 12.1 Å². The average molecular weight is 555 g/mol. The molecule has 0 aliphatic carbocycles. The minimum Gasteiger partial charge on any atom is -0.508 e. The number of nitrogens with two attached hydrogens (primary N) is 1. The van der Waals surface area contributed by atoms with Crippen LogP contribution in [-0.2, 0) is 32.0 Å². The number of phenols is 1. The van der Waals surface area contributed by atoms with E-state index in [9.17, 15) is 29.4 Å². The monoisotopic (exact) mass is 554 g/mol. The molecule has 0 aliphatic rings. The van der Waals surface area contributed by atoms with Crippen LogP contribution in [0.3, 0.4) is 0 Å². The normalized spacial score (nSPS) is 14.2. The van der Waals surface area contributed by atoms with Gasteiger partial charge in [0.15, 0.2) is 0 Å². The van der Waals surface area contributed by atoms with E-state index in [0.29, 0.717) is 12.0 Å². The van der Waals surface area contributed by atoms with Crippen LogP contribution in [0.2, 0.25) is 0 Å². The first-order valence-corrected chi connectivity index (χ1v) is 13.6. The highest BCUT2D eigenvalue weighted by molar-refractivity contribution is 5.94. The lowest BCUT2D eigenvalue weighted by molar-refractivity contribution is -0.142. The van der Waals surface area contributed by atoms with Crippen LogP contribution in [0.4, 0.5) is 0 Å². The molecular weight excluding hydrogens is 512 g/mol. The van der Waals surface area contributed by atoms with Crippen molar-refractivity contribution < 1.29 is 29.4 Å². The number of benzene rings is 2. The van der Waals surface area contributed by atoms with Gasteiger partial charge >= 0.3 is 5.97 Å². The Morgan fingerprint density at radius 2 is 1.12 bits per heavy atom. The van der Waals surface area contributed by atoms with E-state index >= 15 is 0 Å². The molecule has 10 heteroatoms. The summed E-state index contributed by atoms with van der Waals surface area (Å²) in [7, 11) is 0. The van der Waals surface area contributed by atoms with Gasteiger partial charge in [-0.05, 0) is 47.9 Å². The number of hydrogen-bond acceptors (Lipinski definition) is 6. The highest BCUT2D eigenvalue weighted by atomic mass is 16.4. The highest BCUT2D eigenvalue weighted by Crippen LogP contribution is 2.13. The van der Waals surface area contributed by atoms with Gasteiger partial charge in [0.1, 0.15) is 23.9 Å². The Kier molecular flexibility index (Phi) is 12.6. The highest BCUT2D eigenvalue weighted by Gasteiger charge is 2.31. The number of aliphatic carboxylic acids is 1. The number of hydrogen-bond donors (Lipinski definition) is 6. The van der Waals surface area contributed by atoms with Crippen molar-refractivity contribution in [2.75, 3.05) is 0 Å². The summed E-state index contributed by atoms with van der Waals surface area (Å²) >= 11 is 0. The van der Waals surface area contributed by atoms with Gasteiger partial charge in [0.2, 0.25) is 17.7 Å². The molecule has 0 saturated heterocycles. The van der Waals surface area contributed by atoms with Gasteiger partial charge in [0.05, 0.1) is 6.04 Å². The van der Waals surface area contributed by atoms with Crippen LogP contribution in [0, 0.1) is 11.8 Å². The second kappa shape index (κ2) is 15.6. The predicted octanol–water partition coefficient (Wildman–Crippen LogP) is 2.14. The molecule has 0 aliphatic heterocycles. The van der Waals surface area contributed by atoms with Gasteiger partial charge in [-0.15, -0.1) is 0 Å². The van der Waals surface area contributed by atoms with Crippen LogP contribution in [0.15, 0.2) is 54.6 Å². The molecule has 4 unspecified atom stereocenters. The molecular formula is C30H42N4O6. The Labute approximate surface area is 235 Å². The number of aromatic hydroxyl groups is 1. The van der Waals surface area contributed by atoms with Crippen molar-refractivity contribution in [2.45, 2.75) is 77.5 Å². The molecule has 7 N–H and O–H groups in total. The molecule has 3 amide bonds. The first kappa shape index (κ1) is 32.3. The fourth-order valence-electron chi connectivity index (χ4n) is 4.27. The summed E-state index contributed by atoms with van der Waals surface area (Å²) in [5, 5.41) is 27.3. The van der Waals surface area contributed by atoms with Gasteiger partial charge in [-0.25, -0.2) is 4.79 Å². The third-order valence-electron chi connectivity index (χ3n) is 6.31. The largest absolute Gasteiger partial charge is 0.508 e. The number of carboxylic acids is 1. The number of nitrogens with one attached hydrogen (secondary N) is 3. The fourth-order valence-corrected chi connectivity index (χ4v) is 4.27. The van der Waals surface area contributed by atoms with Crippen LogP contribution in [-0.4, -0.2) is 58.1 Å². The maximum atomic E-state index is 13.6. The maximum Gasteiger partial charge on any atom is 0.326 e. The van der Waals surface area contributed by atoms with Crippen LogP contribution in [0.25, 0.3) is 0 Å². The smallest absolute Gasteiger partial charge is 0.326 e. The summed E-state index contributed by atoms with van der Waals surface area (Å²) < 4.78 is 0. The average Bonchev–Trinajstić information content (AvgIpc) is 2.88. The van der Waals surface area contributed by atoms with Crippen LogP contribution >= 0.6 is 0 Å². The summed E-state index contributed by atoms with van der Waals surface area (Å²) in [6.07, 6.45) is 0.835. The Morgan fingerprint density at radius 1 is 0.675 bits per heavy atom. The lowest BCUT2D eigenvalue weighted by atomic mass is 10.00. The van der Waals surface area contributed by atoms with Crippen LogP contribution in [0.1, 0.15) is 51.7 Å². The molecule has 0 aromatic heterocycles. The summed E-state index contributed by atoms with van der Waals surface area (Å²) in [5.41, 5.74) is 7.49. The summed E-state index contributed by atoms with van der Waals surface area (Å²) in [6.45, 7) is 7.58. The van der Waals surface area contributed by atoms with Gasteiger partial charge in [0, 0.05) is 12.8 Å². The van der Waals surface area contributed by atoms with Crippen molar-refractivity contribution in [3.05, 3.63) is 65.7 Å². The maximum absolute atomic E-state index is 13.6. The topological polar surface area (TPSA) is 171 Å². The summed E-state index contributed by atoms with van der Waals surface area (Å²) in [6, 6.07) is 11.1. The molecule has 0 bridgehead atoms. The third-order valence-corrected chi connectivity index (χ3v) is 6.31. The number of rotatable bonds is 15. The molecule has 4 atom stereocenters. The molecule has 10 nitrogen and oxygen atoms in total. The first-order chi connectivity index (χ1) is 18.8. The molecule has 0 heterocycles. The summed E-state index contributed by atoms with van der Waals surface area (Å²) in [4.78, 5) is 51.6. The molecule has 0 spiro atoms. The van der Waals surface area contributed by atoms with E-state index in [0.717, 1.165) is 5.56 Å². The minimum atomic E-state index is -1.18.